The van der Waals surface area contributed by atoms with Crippen molar-refractivity contribution in [2.24, 2.45) is 10.9 Å². The average molecular weight is 338 g/mol. The third kappa shape index (κ3) is 3.98. The van der Waals surface area contributed by atoms with E-state index in [1.54, 1.807) is 0 Å². The Morgan fingerprint density at radius 2 is 2.28 bits per heavy atom. The number of fused-ring (bicyclic) bond motifs is 1. The Morgan fingerprint density at radius 1 is 1.52 bits per heavy atom. The fourth-order valence-electron chi connectivity index (χ4n) is 2.86. The maximum atomic E-state index is 12.7. The van der Waals surface area contributed by atoms with Crippen molar-refractivity contribution in [3.63, 3.8) is 0 Å². The fourth-order valence-corrected chi connectivity index (χ4v) is 2.86. The van der Waals surface area contributed by atoms with Gasteiger partial charge in [-0.1, -0.05) is 6.92 Å². The molecule has 5 nitrogen and oxygen atoms in total. The summed E-state index contributed by atoms with van der Waals surface area (Å²) in [5, 5.41) is 3.06. The molecular weight excluding hydrogens is 312 g/mol. The highest BCUT2D eigenvalue weighted by atomic mass is 16.1. The van der Waals surface area contributed by atoms with E-state index in [4.69, 9.17) is 0 Å². The second-order valence-corrected chi connectivity index (χ2v) is 6.79. The van der Waals surface area contributed by atoms with Crippen LogP contribution in [0.1, 0.15) is 50.3 Å². The van der Waals surface area contributed by atoms with Crippen LogP contribution in [0.3, 0.4) is 0 Å². The molecule has 2 aromatic rings. The molecule has 2 heterocycles. The topological polar surface area (TPSA) is 58.8 Å². The zero-order valence-corrected chi connectivity index (χ0v) is 15.4. The van der Waals surface area contributed by atoms with Gasteiger partial charge in [-0.05, 0) is 56.9 Å². The molecule has 1 saturated carbocycles. The van der Waals surface area contributed by atoms with Gasteiger partial charge < -0.3 is 9.72 Å². The number of hydrogen-bond acceptors (Lipinski definition) is 3. The van der Waals surface area contributed by atoms with E-state index >= 15 is 0 Å². The number of aryl methyl sites for hydroxylation is 1. The van der Waals surface area contributed by atoms with Crippen molar-refractivity contribution >= 4 is 17.3 Å². The Balaban J connectivity index is 1.75. The molecule has 3 rings (SSSR count). The molecule has 0 bridgehead atoms. The van der Waals surface area contributed by atoms with E-state index in [0.717, 1.165) is 34.7 Å². The number of amides is 1. The number of aromatic nitrogens is 2. The third-order valence-electron chi connectivity index (χ3n) is 4.71. The van der Waals surface area contributed by atoms with Crippen LogP contribution < -0.4 is 5.32 Å². The number of aliphatic imine (C=N–C) groups is 1. The van der Waals surface area contributed by atoms with Crippen molar-refractivity contribution in [1.29, 1.82) is 0 Å². The maximum absolute atomic E-state index is 12.7. The molecule has 1 atom stereocenters. The molecule has 1 aliphatic rings. The monoisotopic (exact) mass is 338 g/mol. The van der Waals surface area contributed by atoms with Crippen molar-refractivity contribution < 1.29 is 4.79 Å². The predicted molar refractivity (Wildman–Crippen MR) is 101 cm³/mol. The van der Waals surface area contributed by atoms with Gasteiger partial charge in [0.2, 0.25) is 5.91 Å². The van der Waals surface area contributed by atoms with Gasteiger partial charge in [0.15, 0.2) is 0 Å². The SMILES string of the molecule is CC/C(=C\C(=N/C)C1CC1)NC(=O)C(C)c1cn2ccc(C)cc2n1. The number of pyridine rings is 1. The third-order valence-corrected chi connectivity index (χ3v) is 4.71. The normalized spacial score (nSPS) is 17.0. The minimum atomic E-state index is -0.307. The number of nitrogens with one attached hydrogen (secondary N) is 1. The number of carbonyl (C=O) groups is 1. The van der Waals surface area contributed by atoms with Gasteiger partial charge in [0.05, 0.1) is 11.6 Å². The molecule has 5 heteroatoms. The Bertz CT molecular complexity index is 842. The van der Waals surface area contributed by atoms with Crippen LogP contribution in [0.4, 0.5) is 0 Å². The molecule has 0 saturated heterocycles. The van der Waals surface area contributed by atoms with Crippen LogP contribution in [-0.4, -0.2) is 28.1 Å². The minimum absolute atomic E-state index is 0.0283. The molecule has 1 N–H and O–H groups in total. The minimum Gasteiger partial charge on any atom is -0.329 e. The van der Waals surface area contributed by atoms with Gasteiger partial charge in [0.25, 0.3) is 0 Å². The maximum Gasteiger partial charge on any atom is 0.233 e. The average Bonchev–Trinajstić information content (AvgIpc) is 3.36. The Hall–Kier alpha value is -2.43. The number of imidazole rings is 1. The van der Waals surface area contributed by atoms with E-state index < -0.39 is 0 Å². The van der Waals surface area contributed by atoms with Crippen LogP contribution in [0.15, 0.2) is 41.3 Å². The first kappa shape index (κ1) is 17.4. The molecule has 2 aromatic heterocycles. The number of hydrogen-bond donors (Lipinski definition) is 1. The van der Waals surface area contributed by atoms with Gasteiger partial charge in [0, 0.05) is 36.8 Å². The van der Waals surface area contributed by atoms with Crippen LogP contribution in [0.2, 0.25) is 0 Å². The van der Waals surface area contributed by atoms with Crippen molar-refractivity contribution in [2.75, 3.05) is 7.05 Å². The van der Waals surface area contributed by atoms with Crippen LogP contribution in [0.5, 0.6) is 0 Å². The van der Waals surface area contributed by atoms with E-state index in [1.807, 2.05) is 62.8 Å². The first-order valence-electron chi connectivity index (χ1n) is 8.95. The lowest BCUT2D eigenvalue weighted by Crippen LogP contribution is -2.28. The molecule has 0 radical (unpaired) electrons. The molecule has 0 aliphatic heterocycles. The molecule has 1 amide bonds. The molecule has 132 valence electrons. The summed E-state index contributed by atoms with van der Waals surface area (Å²) in [5.41, 5.74) is 4.82. The van der Waals surface area contributed by atoms with Crippen molar-refractivity contribution in [1.82, 2.24) is 14.7 Å². The van der Waals surface area contributed by atoms with E-state index in [2.05, 4.69) is 15.3 Å². The van der Waals surface area contributed by atoms with Gasteiger partial charge in [-0.15, -0.1) is 0 Å². The Labute approximate surface area is 148 Å². The smallest absolute Gasteiger partial charge is 0.233 e. The number of rotatable bonds is 6. The van der Waals surface area contributed by atoms with E-state index in [1.165, 1.54) is 12.8 Å². The second kappa shape index (κ2) is 7.21. The lowest BCUT2D eigenvalue weighted by atomic mass is 10.1. The molecule has 0 spiro atoms. The highest BCUT2D eigenvalue weighted by molar-refractivity contribution is 5.99. The summed E-state index contributed by atoms with van der Waals surface area (Å²) in [6.45, 7) is 5.98. The zero-order chi connectivity index (χ0) is 18.0. The Kier molecular flexibility index (Phi) is 5.02. The second-order valence-electron chi connectivity index (χ2n) is 6.79. The van der Waals surface area contributed by atoms with Gasteiger partial charge in [-0.2, -0.15) is 0 Å². The van der Waals surface area contributed by atoms with Crippen molar-refractivity contribution in [3.8, 4) is 0 Å². The molecule has 25 heavy (non-hydrogen) atoms. The van der Waals surface area contributed by atoms with E-state index in [-0.39, 0.29) is 11.8 Å². The van der Waals surface area contributed by atoms with Gasteiger partial charge >= 0.3 is 0 Å². The number of carbonyl (C=O) groups excluding carboxylic acids is 1. The summed E-state index contributed by atoms with van der Waals surface area (Å²) in [7, 11) is 1.82. The zero-order valence-electron chi connectivity index (χ0n) is 15.4. The molecule has 1 fully saturated rings. The standard InChI is InChI=1S/C20H26N4O/c1-5-16(11-17(21-4)15-6-7-15)22-20(25)14(3)18-12-24-9-8-13(2)10-19(24)23-18/h8-12,14-15H,5-7H2,1-4H3,(H,22,25)/b16-11+,21-17+. The molecule has 0 aromatic carbocycles. The molecule has 1 aliphatic carbocycles. The quantitative estimate of drug-likeness (QED) is 0.818. The van der Waals surface area contributed by atoms with Gasteiger partial charge in [0.1, 0.15) is 5.65 Å². The van der Waals surface area contributed by atoms with Crippen LogP contribution in [0, 0.1) is 12.8 Å². The van der Waals surface area contributed by atoms with Gasteiger partial charge in [-0.3, -0.25) is 9.79 Å². The lowest BCUT2D eigenvalue weighted by molar-refractivity contribution is -0.121. The van der Waals surface area contributed by atoms with Crippen LogP contribution in [-0.2, 0) is 4.79 Å². The largest absolute Gasteiger partial charge is 0.329 e. The summed E-state index contributed by atoms with van der Waals surface area (Å²) < 4.78 is 1.96. The number of allylic oxidation sites excluding steroid dienone is 2. The summed E-state index contributed by atoms with van der Waals surface area (Å²) in [5.74, 6) is 0.236. The van der Waals surface area contributed by atoms with E-state index in [0.29, 0.717) is 5.92 Å². The van der Waals surface area contributed by atoms with Crippen molar-refractivity contribution in [2.45, 2.75) is 46.0 Å². The molecule has 1 unspecified atom stereocenters. The predicted octanol–water partition coefficient (Wildman–Crippen LogP) is 3.64. The molecular formula is C20H26N4O. The first-order chi connectivity index (χ1) is 12.0. The van der Waals surface area contributed by atoms with Crippen molar-refractivity contribution in [3.05, 3.63) is 47.6 Å². The summed E-state index contributed by atoms with van der Waals surface area (Å²) in [4.78, 5) is 21.6. The number of nitrogens with zero attached hydrogens (tertiary/aromatic N) is 3. The first-order valence-corrected chi connectivity index (χ1v) is 8.95. The van der Waals surface area contributed by atoms with Crippen LogP contribution in [0.25, 0.3) is 5.65 Å². The lowest BCUT2D eigenvalue weighted by Gasteiger charge is -2.12. The highest BCUT2D eigenvalue weighted by Crippen LogP contribution is 2.31. The summed E-state index contributed by atoms with van der Waals surface area (Å²) in [6, 6.07) is 4.05. The summed E-state index contributed by atoms with van der Waals surface area (Å²) >= 11 is 0. The Morgan fingerprint density at radius 3 is 2.92 bits per heavy atom. The van der Waals surface area contributed by atoms with E-state index in [9.17, 15) is 4.79 Å². The highest BCUT2D eigenvalue weighted by Gasteiger charge is 2.26. The van der Waals surface area contributed by atoms with Crippen LogP contribution >= 0.6 is 0 Å². The fraction of sp³-hybridized carbons (Fsp3) is 0.450. The van der Waals surface area contributed by atoms with Gasteiger partial charge in [-0.25, -0.2) is 4.98 Å². The summed E-state index contributed by atoms with van der Waals surface area (Å²) in [6.07, 6.45) is 9.11.